The van der Waals surface area contributed by atoms with Crippen molar-refractivity contribution in [3.63, 3.8) is 0 Å². The highest BCUT2D eigenvalue weighted by atomic mass is 32.2. The van der Waals surface area contributed by atoms with Crippen molar-refractivity contribution in [1.29, 1.82) is 0 Å². The van der Waals surface area contributed by atoms with Gasteiger partial charge in [-0.3, -0.25) is 4.90 Å². The molecule has 0 saturated carbocycles. The second-order valence-electron chi connectivity index (χ2n) is 7.35. The van der Waals surface area contributed by atoms with Crippen molar-refractivity contribution in [2.75, 3.05) is 32.7 Å². The van der Waals surface area contributed by atoms with Crippen LogP contribution in [0, 0.1) is 0 Å². The molecular weight excluding hydrogens is 360 g/mol. The van der Waals surface area contributed by atoms with Crippen molar-refractivity contribution in [1.82, 2.24) is 9.21 Å². The van der Waals surface area contributed by atoms with E-state index in [0.29, 0.717) is 43.5 Å². The number of nitrogens with zero attached hydrogens (tertiary/aromatic N) is 2. The van der Waals surface area contributed by atoms with Gasteiger partial charge in [0.1, 0.15) is 0 Å². The Morgan fingerprint density at radius 2 is 1.48 bits per heavy atom. The van der Waals surface area contributed by atoms with Crippen molar-refractivity contribution in [2.45, 2.75) is 30.8 Å². The van der Waals surface area contributed by atoms with Gasteiger partial charge in [0, 0.05) is 32.7 Å². The predicted octanol–water partition coefficient (Wildman–Crippen LogP) is 2.85. The van der Waals surface area contributed by atoms with E-state index in [4.69, 9.17) is 0 Å². The molecule has 0 amide bonds. The molecule has 27 heavy (non-hydrogen) atoms. The summed E-state index contributed by atoms with van der Waals surface area (Å²) in [6.07, 6.45) is -0.557. The fourth-order valence-corrected chi connectivity index (χ4v) is 4.77. The first-order valence-corrected chi connectivity index (χ1v) is 10.9. The van der Waals surface area contributed by atoms with Gasteiger partial charge >= 0.3 is 0 Å². The number of piperazine rings is 1. The van der Waals surface area contributed by atoms with Gasteiger partial charge < -0.3 is 5.11 Å². The van der Waals surface area contributed by atoms with Crippen LogP contribution in [0.5, 0.6) is 0 Å². The fraction of sp³-hybridized carbons (Fsp3) is 0.429. The van der Waals surface area contributed by atoms with Crippen LogP contribution < -0.4 is 0 Å². The van der Waals surface area contributed by atoms with Crippen LogP contribution in [0.15, 0.2) is 59.5 Å². The topological polar surface area (TPSA) is 60.9 Å². The van der Waals surface area contributed by atoms with E-state index in [9.17, 15) is 13.5 Å². The molecule has 1 aliphatic heterocycles. The Balaban J connectivity index is 1.59. The molecule has 0 spiro atoms. The third kappa shape index (κ3) is 4.76. The maximum Gasteiger partial charge on any atom is 0.243 e. The first kappa shape index (κ1) is 20.0. The number of hydrogen-bond donors (Lipinski definition) is 1. The number of β-amino-alcohol motifs (C(OH)–C–C–N with tert-alkyl or cyclic N) is 1. The van der Waals surface area contributed by atoms with Gasteiger partial charge in [0.25, 0.3) is 0 Å². The number of aliphatic hydroxyl groups excluding tert-OH is 1. The van der Waals surface area contributed by atoms with Crippen LogP contribution in [0.25, 0.3) is 0 Å². The molecule has 0 aliphatic carbocycles. The molecule has 6 heteroatoms. The Kier molecular flexibility index (Phi) is 6.32. The van der Waals surface area contributed by atoms with E-state index in [1.54, 1.807) is 16.4 Å². The van der Waals surface area contributed by atoms with Crippen LogP contribution >= 0.6 is 0 Å². The van der Waals surface area contributed by atoms with Crippen LogP contribution in [0.2, 0.25) is 0 Å². The molecule has 3 rings (SSSR count). The molecule has 0 radical (unpaired) electrons. The van der Waals surface area contributed by atoms with E-state index in [-0.39, 0.29) is 0 Å². The van der Waals surface area contributed by atoms with E-state index in [0.717, 1.165) is 11.1 Å². The quantitative estimate of drug-likeness (QED) is 0.827. The molecule has 146 valence electrons. The summed E-state index contributed by atoms with van der Waals surface area (Å²) in [5, 5.41) is 10.4. The van der Waals surface area contributed by atoms with E-state index in [2.05, 4.69) is 18.7 Å². The molecule has 1 N–H and O–H groups in total. The Labute approximate surface area is 162 Å². The number of benzene rings is 2. The summed E-state index contributed by atoms with van der Waals surface area (Å²) in [7, 11) is -3.46. The van der Waals surface area contributed by atoms with Crippen LogP contribution in [0.3, 0.4) is 0 Å². The molecule has 1 heterocycles. The van der Waals surface area contributed by atoms with Crippen LogP contribution in [0.1, 0.15) is 37.0 Å². The summed E-state index contributed by atoms with van der Waals surface area (Å²) >= 11 is 0. The van der Waals surface area contributed by atoms with Gasteiger partial charge in [-0.25, -0.2) is 8.42 Å². The van der Waals surface area contributed by atoms with E-state index >= 15 is 0 Å². The Bertz CT molecular complexity index is 827. The van der Waals surface area contributed by atoms with Gasteiger partial charge in [-0.1, -0.05) is 56.3 Å². The largest absolute Gasteiger partial charge is 0.387 e. The molecule has 0 aromatic heterocycles. The normalized spacial score (nSPS) is 17.9. The molecule has 1 atom stereocenters. The molecule has 2 aromatic carbocycles. The lowest BCUT2D eigenvalue weighted by atomic mass is 10.0. The van der Waals surface area contributed by atoms with Crippen molar-refractivity contribution in [2.24, 2.45) is 0 Å². The maximum absolute atomic E-state index is 12.9. The van der Waals surface area contributed by atoms with Crippen molar-refractivity contribution < 1.29 is 13.5 Å². The predicted molar refractivity (Wildman–Crippen MR) is 107 cm³/mol. The maximum atomic E-state index is 12.9. The van der Waals surface area contributed by atoms with Gasteiger partial charge in [-0.05, 0) is 29.2 Å². The van der Waals surface area contributed by atoms with Crippen LogP contribution in [-0.2, 0) is 10.0 Å². The van der Waals surface area contributed by atoms with Gasteiger partial charge in [0.15, 0.2) is 0 Å². The summed E-state index contributed by atoms with van der Waals surface area (Å²) in [6, 6.07) is 16.8. The number of hydrogen-bond acceptors (Lipinski definition) is 4. The summed E-state index contributed by atoms with van der Waals surface area (Å²) in [6.45, 7) is 6.81. The standard InChI is InChI=1S/C21H28N2O3S/c1-17(2)18-8-10-20(11-9-18)27(25,26)23-14-12-22(13-15-23)16-21(24)19-6-4-3-5-7-19/h3-11,17,21,24H,12-16H2,1-2H3/t21-/m0/s1. The summed E-state index contributed by atoms with van der Waals surface area (Å²) in [5.41, 5.74) is 2.02. The Hall–Kier alpha value is -1.73. The minimum Gasteiger partial charge on any atom is -0.387 e. The minimum atomic E-state index is -3.46. The zero-order valence-corrected chi connectivity index (χ0v) is 16.8. The van der Waals surface area contributed by atoms with Crippen molar-refractivity contribution in [3.8, 4) is 0 Å². The minimum absolute atomic E-state index is 0.352. The molecule has 1 saturated heterocycles. The highest BCUT2D eigenvalue weighted by molar-refractivity contribution is 7.89. The summed E-state index contributed by atoms with van der Waals surface area (Å²) < 4.78 is 27.3. The van der Waals surface area contributed by atoms with Crippen molar-refractivity contribution in [3.05, 3.63) is 65.7 Å². The highest BCUT2D eigenvalue weighted by Gasteiger charge is 2.29. The van der Waals surface area contributed by atoms with Gasteiger partial charge in [-0.15, -0.1) is 0 Å². The second-order valence-corrected chi connectivity index (χ2v) is 9.29. The number of rotatable bonds is 6. The zero-order valence-electron chi connectivity index (χ0n) is 16.0. The first-order valence-electron chi connectivity index (χ1n) is 9.43. The molecular formula is C21H28N2O3S. The zero-order chi connectivity index (χ0) is 19.4. The average molecular weight is 389 g/mol. The number of sulfonamides is 1. The molecule has 2 aromatic rings. The molecule has 1 fully saturated rings. The fourth-order valence-electron chi connectivity index (χ4n) is 3.35. The first-order chi connectivity index (χ1) is 12.9. The lowest BCUT2D eigenvalue weighted by molar-refractivity contribution is 0.0921. The number of aliphatic hydroxyl groups is 1. The van der Waals surface area contributed by atoms with Gasteiger partial charge in [0.05, 0.1) is 11.0 Å². The lowest BCUT2D eigenvalue weighted by Crippen LogP contribution is -2.49. The van der Waals surface area contributed by atoms with Gasteiger partial charge in [-0.2, -0.15) is 4.31 Å². The molecule has 0 bridgehead atoms. The third-order valence-electron chi connectivity index (χ3n) is 5.13. The van der Waals surface area contributed by atoms with Crippen LogP contribution in [-0.4, -0.2) is 55.5 Å². The SMILES string of the molecule is CC(C)c1ccc(S(=O)(=O)N2CCN(C[C@H](O)c3ccccc3)CC2)cc1. The highest BCUT2D eigenvalue weighted by Crippen LogP contribution is 2.22. The monoisotopic (exact) mass is 388 g/mol. The summed E-state index contributed by atoms with van der Waals surface area (Å²) in [4.78, 5) is 2.47. The Morgan fingerprint density at radius 3 is 2.04 bits per heavy atom. The van der Waals surface area contributed by atoms with Gasteiger partial charge in [0.2, 0.25) is 10.0 Å². The second kappa shape index (κ2) is 8.52. The molecule has 0 unspecified atom stereocenters. The molecule has 5 nitrogen and oxygen atoms in total. The van der Waals surface area contributed by atoms with E-state index < -0.39 is 16.1 Å². The van der Waals surface area contributed by atoms with E-state index in [1.165, 1.54) is 0 Å². The van der Waals surface area contributed by atoms with Crippen LogP contribution in [0.4, 0.5) is 0 Å². The van der Waals surface area contributed by atoms with Crippen molar-refractivity contribution >= 4 is 10.0 Å². The summed E-state index contributed by atoms with van der Waals surface area (Å²) in [5.74, 6) is 0.376. The smallest absolute Gasteiger partial charge is 0.243 e. The Morgan fingerprint density at radius 1 is 0.889 bits per heavy atom. The van der Waals surface area contributed by atoms with E-state index in [1.807, 2.05) is 42.5 Å². The molecule has 1 aliphatic rings. The average Bonchev–Trinajstić information content (AvgIpc) is 2.69. The lowest BCUT2D eigenvalue weighted by Gasteiger charge is -2.35. The third-order valence-corrected chi connectivity index (χ3v) is 7.04.